The molecule has 1 aromatic heterocycles. The van der Waals surface area contributed by atoms with Gasteiger partial charge in [0.2, 0.25) is 0 Å². The van der Waals surface area contributed by atoms with Crippen LogP contribution in [0.3, 0.4) is 0 Å². The fourth-order valence-corrected chi connectivity index (χ4v) is 4.33. The lowest BCUT2D eigenvalue weighted by atomic mass is 10.1. The van der Waals surface area contributed by atoms with Gasteiger partial charge in [-0.3, -0.25) is 4.79 Å². The van der Waals surface area contributed by atoms with Crippen molar-refractivity contribution in [1.82, 2.24) is 4.98 Å². The Morgan fingerprint density at radius 2 is 1.81 bits per heavy atom. The van der Waals surface area contributed by atoms with E-state index in [1.165, 1.54) is 23.1 Å². The number of aliphatic carboxylic acids is 1. The van der Waals surface area contributed by atoms with Crippen molar-refractivity contribution in [1.29, 1.82) is 0 Å². The highest BCUT2D eigenvalue weighted by Gasteiger charge is 2.17. The molecule has 3 aromatic rings. The molecule has 0 bridgehead atoms. The summed E-state index contributed by atoms with van der Waals surface area (Å²) in [7, 11) is 3.20. The molecule has 0 unspecified atom stereocenters. The first kappa shape index (κ1) is 18.3. The van der Waals surface area contributed by atoms with Crippen LogP contribution >= 0.6 is 23.1 Å². The van der Waals surface area contributed by atoms with Gasteiger partial charge in [0.25, 0.3) is 0 Å². The molecule has 1 N–H and O–H groups in total. The van der Waals surface area contributed by atoms with E-state index in [-0.39, 0.29) is 5.75 Å². The van der Waals surface area contributed by atoms with Crippen molar-refractivity contribution in [2.45, 2.75) is 4.34 Å². The molecule has 3 rings (SSSR count). The molecule has 0 aliphatic heterocycles. The largest absolute Gasteiger partial charge is 0.493 e. The van der Waals surface area contributed by atoms with Crippen LogP contribution in [0.4, 0.5) is 0 Å². The van der Waals surface area contributed by atoms with Crippen LogP contribution in [0, 0.1) is 0 Å². The number of nitrogens with zero attached hydrogens (tertiary/aromatic N) is 1. The third-order valence-electron chi connectivity index (χ3n) is 3.62. The van der Waals surface area contributed by atoms with E-state index in [2.05, 4.69) is 4.98 Å². The van der Waals surface area contributed by atoms with E-state index >= 15 is 0 Å². The van der Waals surface area contributed by atoms with Gasteiger partial charge in [-0.15, -0.1) is 11.3 Å². The molecule has 0 aliphatic carbocycles. The molecular weight excluding hydrogens is 370 g/mol. The van der Waals surface area contributed by atoms with Gasteiger partial charge in [0.1, 0.15) is 0 Å². The quantitative estimate of drug-likeness (QED) is 0.594. The molecule has 0 spiro atoms. The molecule has 134 valence electrons. The van der Waals surface area contributed by atoms with E-state index in [0.29, 0.717) is 11.5 Å². The molecule has 1 heterocycles. The van der Waals surface area contributed by atoms with Crippen molar-refractivity contribution in [3.63, 3.8) is 0 Å². The Labute approximate surface area is 159 Å². The van der Waals surface area contributed by atoms with Crippen molar-refractivity contribution in [3.05, 3.63) is 48.5 Å². The lowest BCUT2D eigenvalue weighted by Crippen LogP contribution is -1.96. The number of carbonyl (C=O) groups is 1. The highest BCUT2D eigenvalue weighted by atomic mass is 32.2. The van der Waals surface area contributed by atoms with Crippen molar-refractivity contribution < 1.29 is 19.4 Å². The van der Waals surface area contributed by atoms with E-state index in [1.807, 2.05) is 48.5 Å². The number of aromatic nitrogens is 1. The average Bonchev–Trinajstić information content (AvgIpc) is 3.11. The SMILES string of the molecule is COc1ccc(-c2sc(SCC(=O)O)nc2-c2ccccc2)cc1OC. The van der Waals surface area contributed by atoms with Gasteiger partial charge < -0.3 is 14.6 Å². The molecule has 0 saturated carbocycles. The van der Waals surface area contributed by atoms with Crippen molar-refractivity contribution in [2.75, 3.05) is 20.0 Å². The van der Waals surface area contributed by atoms with E-state index in [9.17, 15) is 4.79 Å². The number of rotatable bonds is 7. The van der Waals surface area contributed by atoms with Crippen LogP contribution in [-0.4, -0.2) is 36.0 Å². The summed E-state index contributed by atoms with van der Waals surface area (Å²) in [4.78, 5) is 16.5. The van der Waals surface area contributed by atoms with Crippen LogP contribution in [0.1, 0.15) is 0 Å². The first-order valence-corrected chi connectivity index (χ1v) is 9.56. The monoisotopic (exact) mass is 387 g/mol. The standard InChI is InChI=1S/C19H17NO4S2/c1-23-14-9-8-13(10-15(14)24-2)18-17(12-6-4-3-5-7-12)20-19(26-18)25-11-16(21)22/h3-10H,11H2,1-2H3,(H,21,22). The predicted octanol–water partition coefficient (Wildman–Crippen LogP) is 4.67. The van der Waals surface area contributed by atoms with Gasteiger partial charge in [-0.05, 0) is 23.8 Å². The number of hydrogen-bond donors (Lipinski definition) is 1. The summed E-state index contributed by atoms with van der Waals surface area (Å²) in [6.07, 6.45) is 0. The Morgan fingerprint density at radius 1 is 1.08 bits per heavy atom. The van der Waals surface area contributed by atoms with Gasteiger partial charge in [-0.2, -0.15) is 0 Å². The number of carboxylic acids is 1. The third kappa shape index (κ3) is 4.00. The Kier molecular flexibility index (Phi) is 5.80. The summed E-state index contributed by atoms with van der Waals surface area (Å²) in [5, 5.41) is 8.94. The number of hydrogen-bond acceptors (Lipinski definition) is 6. The van der Waals surface area contributed by atoms with Crippen molar-refractivity contribution in [2.24, 2.45) is 0 Å². The first-order chi connectivity index (χ1) is 12.6. The lowest BCUT2D eigenvalue weighted by Gasteiger charge is -2.09. The average molecular weight is 387 g/mol. The minimum absolute atomic E-state index is 0.0207. The second-order valence-corrected chi connectivity index (χ2v) is 7.50. The minimum Gasteiger partial charge on any atom is -0.493 e. The van der Waals surface area contributed by atoms with Gasteiger partial charge >= 0.3 is 5.97 Å². The molecule has 0 saturated heterocycles. The normalized spacial score (nSPS) is 10.5. The Morgan fingerprint density at radius 3 is 2.46 bits per heavy atom. The zero-order valence-electron chi connectivity index (χ0n) is 14.3. The van der Waals surface area contributed by atoms with E-state index in [0.717, 1.165) is 26.0 Å². The first-order valence-electron chi connectivity index (χ1n) is 7.75. The predicted molar refractivity (Wildman–Crippen MR) is 104 cm³/mol. The van der Waals surface area contributed by atoms with Gasteiger partial charge in [0.05, 0.1) is 30.5 Å². The Balaban J connectivity index is 2.08. The van der Waals surface area contributed by atoms with Crippen molar-refractivity contribution in [3.8, 4) is 33.2 Å². The molecule has 0 amide bonds. The van der Waals surface area contributed by atoms with E-state index < -0.39 is 5.97 Å². The van der Waals surface area contributed by atoms with Crippen LogP contribution in [0.25, 0.3) is 21.7 Å². The minimum atomic E-state index is -0.862. The van der Waals surface area contributed by atoms with Crippen LogP contribution in [-0.2, 0) is 4.79 Å². The summed E-state index contributed by atoms with van der Waals surface area (Å²) in [6.45, 7) is 0. The highest BCUT2D eigenvalue weighted by molar-refractivity contribution is 8.01. The Hall–Kier alpha value is -2.51. The molecule has 5 nitrogen and oxygen atoms in total. The number of ether oxygens (including phenoxy) is 2. The molecule has 0 radical (unpaired) electrons. The summed E-state index contributed by atoms with van der Waals surface area (Å²) >= 11 is 2.70. The van der Waals surface area contributed by atoms with Gasteiger partial charge in [-0.1, -0.05) is 42.1 Å². The topological polar surface area (TPSA) is 68.7 Å². The summed E-state index contributed by atoms with van der Waals surface area (Å²) in [6, 6.07) is 15.6. The second-order valence-electron chi connectivity index (χ2n) is 5.28. The number of thiazole rings is 1. The van der Waals surface area contributed by atoms with Gasteiger partial charge in [0, 0.05) is 5.56 Å². The molecule has 26 heavy (non-hydrogen) atoms. The number of carboxylic acid groups (broad SMARTS) is 1. The number of methoxy groups -OCH3 is 2. The van der Waals surface area contributed by atoms with Crippen LogP contribution in [0.5, 0.6) is 11.5 Å². The van der Waals surface area contributed by atoms with E-state index in [4.69, 9.17) is 14.6 Å². The number of benzene rings is 2. The van der Waals surface area contributed by atoms with Crippen LogP contribution < -0.4 is 9.47 Å². The highest BCUT2D eigenvalue weighted by Crippen LogP contribution is 2.42. The number of thioether (sulfide) groups is 1. The Bertz CT molecular complexity index is 909. The maximum Gasteiger partial charge on any atom is 0.313 e. The van der Waals surface area contributed by atoms with Crippen LogP contribution in [0.15, 0.2) is 52.9 Å². The molecule has 0 atom stereocenters. The van der Waals surface area contributed by atoms with E-state index in [1.54, 1.807) is 14.2 Å². The summed E-state index contributed by atoms with van der Waals surface area (Å²) in [5.41, 5.74) is 2.76. The molecular formula is C19H17NO4S2. The maximum absolute atomic E-state index is 10.9. The van der Waals surface area contributed by atoms with Crippen molar-refractivity contribution >= 4 is 29.1 Å². The lowest BCUT2D eigenvalue weighted by molar-refractivity contribution is -0.133. The molecule has 0 fully saturated rings. The summed E-state index contributed by atoms with van der Waals surface area (Å²) < 4.78 is 11.4. The zero-order chi connectivity index (χ0) is 18.5. The zero-order valence-corrected chi connectivity index (χ0v) is 15.9. The smallest absolute Gasteiger partial charge is 0.313 e. The van der Waals surface area contributed by atoms with Gasteiger partial charge in [0.15, 0.2) is 15.8 Å². The molecule has 7 heteroatoms. The maximum atomic E-state index is 10.9. The van der Waals surface area contributed by atoms with Crippen LogP contribution in [0.2, 0.25) is 0 Å². The van der Waals surface area contributed by atoms with Gasteiger partial charge in [-0.25, -0.2) is 4.98 Å². The fourth-order valence-electron chi connectivity index (χ4n) is 2.45. The third-order valence-corrected chi connectivity index (χ3v) is 5.85. The molecule has 0 aliphatic rings. The fraction of sp³-hybridized carbons (Fsp3) is 0.158. The summed E-state index contributed by atoms with van der Waals surface area (Å²) in [5.74, 6) is 0.409. The molecule has 2 aromatic carbocycles. The second kappa shape index (κ2) is 8.25.